The van der Waals surface area contributed by atoms with Gasteiger partial charge in [-0.2, -0.15) is 4.98 Å². The van der Waals surface area contributed by atoms with Crippen LogP contribution in [0.25, 0.3) is 5.65 Å². The molecule has 5 rings (SSSR count). The normalized spacial score (nSPS) is 22.6. The number of anilines is 4. The number of aromatic nitrogens is 4. The molecule has 0 unspecified atom stereocenters. The van der Waals surface area contributed by atoms with Crippen LogP contribution >= 0.6 is 0 Å². The second-order valence-electron chi connectivity index (χ2n) is 9.05. The Kier molecular flexibility index (Phi) is 4.38. The quantitative estimate of drug-likeness (QED) is 0.605. The smallest absolute Gasteiger partial charge is 0.247 e. The summed E-state index contributed by atoms with van der Waals surface area (Å²) in [4.78, 5) is 21.3. The second kappa shape index (κ2) is 6.97. The zero-order valence-corrected chi connectivity index (χ0v) is 17.6. The van der Waals surface area contributed by atoms with E-state index in [1.807, 2.05) is 32.0 Å². The van der Waals surface area contributed by atoms with E-state index in [1.165, 1.54) is 12.8 Å². The molecular formula is C22H27N7O. The number of hydrogen-bond acceptors (Lipinski definition) is 6. The number of hydrogen-bond donors (Lipinski definition) is 3. The van der Waals surface area contributed by atoms with Gasteiger partial charge < -0.3 is 16.0 Å². The summed E-state index contributed by atoms with van der Waals surface area (Å²) in [6.45, 7) is 6.18. The molecule has 0 atom stereocenters. The van der Waals surface area contributed by atoms with E-state index in [4.69, 9.17) is 0 Å². The Bertz CT molecular complexity index is 1110. The van der Waals surface area contributed by atoms with Crippen molar-refractivity contribution in [3.8, 4) is 0 Å². The number of carbonyl (C=O) groups excluding carboxylic acids is 1. The first kappa shape index (κ1) is 18.8. The lowest BCUT2D eigenvalue weighted by Gasteiger charge is -2.27. The molecule has 8 nitrogen and oxygen atoms in total. The van der Waals surface area contributed by atoms with Crippen LogP contribution in [0.3, 0.4) is 0 Å². The third-order valence-corrected chi connectivity index (χ3v) is 6.38. The number of rotatable bonds is 4. The molecule has 3 heterocycles. The molecule has 1 amide bonds. The van der Waals surface area contributed by atoms with Gasteiger partial charge in [-0.25, -0.2) is 9.50 Å². The van der Waals surface area contributed by atoms with E-state index in [1.54, 1.807) is 16.9 Å². The maximum absolute atomic E-state index is 12.2. The fourth-order valence-corrected chi connectivity index (χ4v) is 4.37. The van der Waals surface area contributed by atoms with Crippen LogP contribution < -0.4 is 16.0 Å². The van der Waals surface area contributed by atoms with Crippen LogP contribution in [0.2, 0.25) is 0 Å². The number of nitrogens with zero attached hydrogens (tertiary/aromatic N) is 4. The van der Waals surface area contributed by atoms with Gasteiger partial charge in [0, 0.05) is 29.8 Å². The Morgan fingerprint density at radius 1 is 1.20 bits per heavy atom. The van der Waals surface area contributed by atoms with Gasteiger partial charge in [-0.15, -0.1) is 5.10 Å². The van der Waals surface area contributed by atoms with E-state index in [9.17, 15) is 4.79 Å². The van der Waals surface area contributed by atoms with Gasteiger partial charge in [0.05, 0.1) is 5.41 Å². The topological polar surface area (TPSA) is 96.2 Å². The lowest BCUT2D eigenvalue weighted by molar-refractivity contribution is -0.119. The summed E-state index contributed by atoms with van der Waals surface area (Å²) in [5.74, 6) is 2.07. The summed E-state index contributed by atoms with van der Waals surface area (Å²) in [6, 6.07) is 6.28. The predicted octanol–water partition coefficient (Wildman–Crippen LogP) is 4.09. The monoisotopic (exact) mass is 405 g/mol. The maximum atomic E-state index is 12.2. The predicted molar refractivity (Wildman–Crippen MR) is 117 cm³/mol. The van der Waals surface area contributed by atoms with Crippen molar-refractivity contribution in [2.75, 3.05) is 16.0 Å². The van der Waals surface area contributed by atoms with Gasteiger partial charge >= 0.3 is 0 Å². The van der Waals surface area contributed by atoms with Crippen molar-refractivity contribution in [1.29, 1.82) is 0 Å². The van der Waals surface area contributed by atoms with Crippen LogP contribution in [-0.2, 0) is 10.2 Å². The van der Waals surface area contributed by atoms with Gasteiger partial charge in [0.25, 0.3) is 0 Å². The van der Waals surface area contributed by atoms with E-state index < -0.39 is 5.41 Å². The minimum absolute atomic E-state index is 0.0133. The highest BCUT2D eigenvalue weighted by Gasteiger charge is 2.38. The zero-order chi connectivity index (χ0) is 20.9. The summed E-state index contributed by atoms with van der Waals surface area (Å²) >= 11 is 0. The molecule has 0 saturated heterocycles. The molecule has 2 aromatic heterocycles. The average Bonchev–Trinajstić information content (AvgIpc) is 3.22. The molecular weight excluding hydrogens is 378 g/mol. The Labute approximate surface area is 175 Å². The molecule has 1 aromatic carbocycles. The third-order valence-electron chi connectivity index (χ3n) is 6.38. The Balaban J connectivity index is 1.37. The van der Waals surface area contributed by atoms with Gasteiger partial charge in [0.2, 0.25) is 11.9 Å². The Hall–Kier alpha value is -3.16. The number of fused-ring (bicyclic) bond motifs is 2. The minimum Gasteiger partial charge on any atom is -0.364 e. The molecule has 0 bridgehead atoms. The zero-order valence-electron chi connectivity index (χ0n) is 17.6. The van der Waals surface area contributed by atoms with E-state index in [2.05, 4.69) is 37.9 Å². The first-order chi connectivity index (χ1) is 14.4. The standard InChI is InChI=1S/C22H27N7O/c1-13-4-6-14(7-5-13)24-18-19-27-21(28-29(19)11-10-23-18)25-15-8-9-16-17(12-15)26-20(30)22(16,2)3/h8-14H,4-7H2,1-3H3,(H,23,24)(H,25,28)(H,26,30)/t13-,14+. The second-order valence-corrected chi connectivity index (χ2v) is 9.05. The van der Waals surface area contributed by atoms with Crippen molar-refractivity contribution < 1.29 is 4.79 Å². The van der Waals surface area contributed by atoms with Crippen LogP contribution in [0.4, 0.5) is 23.1 Å². The summed E-state index contributed by atoms with van der Waals surface area (Å²) in [5.41, 5.74) is 2.84. The van der Waals surface area contributed by atoms with Gasteiger partial charge in [0.1, 0.15) is 0 Å². The van der Waals surface area contributed by atoms with Crippen LogP contribution in [0, 0.1) is 5.92 Å². The largest absolute Gasteiger partial charge is 0.364 e. The Morgan fingerprint density at radius 2 is 2.00 bits per heavy atom. The fourth-order valence-electron chi connectivity index (χ4n) is 4.37. The highest BCUT2D eigenvalue weighted by Crippen LogP contribution is 2.39. The van der Waals surface area contributed by atoms with Crippen molar-refractivity contribution in [2.24, 2.45) is 5.92 Å². The maximum Gasteiger partial charge on any atom is 0.247 e. The lowest BCUT2D eigenvalue weighted by Crippen LogP contribution is -2.26. The summed E-state index contributed by atoms with van der Waals surface area (Å²) in [6.07, 6.45) is 8.33. The van der Waals surface area contributed by atoms with E-state index in [0.717, 1.165) is 41.5 Å². The van der Waals surface area contributed by atoms with E-state index >= 15 is 0 Å². The van der Waals surface area contributed by atoms with Crippen molar-refractivity contribution in [3.05, 3.63) is 36.2 Å². The molecule has 1 fully saturated rings. The van der Waals surface area contributed by atoms with Crippen molar-refractivity contribution >= 4 is 34.7 Å². The first-order valence-electron chi connectivity index (χ1n) is 10.6. The molecule has 8 heteroatoms. The van der Waals surface area contributed by atoms with Gasteiger partial charge in [-0.05, 0) is 63.1 Å². The molecule has 3 aromatic rings. The number of amides is 1. The SMILES string of the molecule is CC1(C)C(=O)Nc2cc(Nc3nc4c(N[C@H]5CC[C@@H](C)CC5)nccn4n3)ccc21. The summed E-state index contributed by atoms with van der Waals surface area (Å²) in [5, 5.41) is 14.3. The van der Waals surface area contributed by atoms with E-state index in [-0.39, 0.29) is 5.91 Å². The van der Waals surface area contributed by atoms with Gasteiger partial charge in [0.15, 0.2) is 11.5 Å². The van der Waals surface area contributed by atoms with E-state index in [0.29, 0.717) is 17.6 Å². The third kappa shape index (κ3) is 3.26. The first-order valence-corrected chi connectivity index (χ1v) is 10.6. The summed E-state index contributed by atoms with van der Waals surface area (Å²) < 4.78 is 1.74. The highest BCUT2D eigenvalue weighted by molar-refractivity contribution is 6.06. The number of benzene rings is 1. The van der Waals surface area contributed by atoms with Gasteiger partial charge in [-0.1, -0.05) is 13.0 Å². The molecule has 1 saturated carbocycles. The molecule has 156 valence electrons. The van der Waals surface area contributed by atoms with Crippen molar-refractivity contribution in [3.63, 3.8) is 0 Å². The Morgan fingerprint density at radius 3 is 2.80 bits per heavy atom. The molecule has 1 aliphatic heterocycles. The van der Waals surface area contributed by atoms with Crippen LogP contribution in [0.1, 0.15) is 52.0 Å². The molecule has 1 aliphatic carbocycles. The van der Waals surface area contributed by atoms with Gasteiger partial charge in [-0.3, -0.25) is 4.79 Å². The number of carbonyl (C=O) groups is 1. The van der Waals surface area contributed by atoms with Crippen LogP contribution in [-0.4, -0.2) is 31.5 Å². The van der Waals surface area contributed by atoms with Crippen molar-refractivity contribution in [2.45, 2.75) is 57.9 Å². The van der Waals surface area contributed by atoms with Crippen LogP contribution in [0.5, 0.6) is 0 Å². The molecule has 0 spiro atoms. The van der Waals surface area contributed by atoms with Crippen LogP contribution in [0.15, 0.2) is 30.6 Å². The van der Waals surface area contributed by atoms with Crippen molar-refractivity contribution in [1.82, 2.24) is 19.6 Å². The number of nitrogens with one attached hydrogen (secondary N) is 3. The minimum atomic E-state index is -0.516. The molecule has 3 N–H and O–H groups in total. The molecule has 0 radical (unpaired) electrons. The molecule has 30 heavy (non-hydrogen) atoms. The lowest BCUT2D eigenvalue weighted by atomic mass is 9.86. The average molecular weight is 406 g/mol. The fraction of sp³-hybridized carbons (Fsp3) is 0.455. The molecule has 2 aliphatic rings. The highest BCUT2D eigenvalue weighted by atomic mass is 16.2. The summed E-state index contributed by atoms with van der Waals surface area (Å²) in [7, 11) is 0.